The molecule has 1 N–H and O–H groups in total. The summed E-state index contributed by atoms with van der Waals surface area (Å²) in [6.45, 7) is 2.10. The molecule has 0 radical (unpaired) electrons. The lowest BCUT2D eigenvalue weighted by atomic mass is 9.90. The highest BCUT2D eigenvalue weighted by Crippen LogP contribution is 2.35. The van der Waals surface area contributed by atoms with Gasteiger partial charge in [-0.25, -0.2) is 4.98 Å². The third kappa shape index (κ3) is 5.95. The van der Waals surface area contributed by atoms with Crippen molar-refractivity contribution in [1.29, 1.82) is 5.26 Å². The zero-order chi connectivity index (χ0) is 26.5. The number of nitrogens with zero attached hydrogens (tertiary/aromatic N) is 6. The van der Waals surface area contributed by atoms with E-state index in [4.69, 9.17) is 4.74 Å². The van der Waals surface area contributed by atoms with Gasteiger partial charge in [0, 0.05) is 12.0 Å². The van der Waals surface area contributed by atoms with Crippen molar-refractivity contribution in [3.8, 4) is 11.8 Å². The number of nitrogens with one attached hydrogen (secondary N) is 1. The van der Waals surface area contributed by atoms with E-state index in [1.165, 1.54) is 58.6 Å². The molecule has 1 saturated carbocycles. The molecule has 0 bridgehead atoms. The summed E-state index contributed by atoms with van der Waals surface area (Å²) in [5.74, 6) is 0.441. The van der Waals surface area contributed by atoms with Gasteiger partial charge in [0.1, 0.15) is 34.0 Å². The van der Waals surface area contributed by atoms with Gasteiger partial charge < -0.3 is 4.74 Å². The number of nitriles is 1. The summed E-state index contributed by atoms with van der Waals surface area (Å²) in [5, 5.41) is 27.0. The predicted molar refractivity (Wildman–Crippen MR) is 145 cm³/mol. The Hall–Kier alpha value is -3.95. The van der Waals surface area contributed by atoms with E-state index in [-0.39, 0.29) is 17.7 Å². The van der Waals surface area contributed by atoms with Gasteiger partial charge in [0.2, 0.25) is 10.1 Å². The molecule has 38 heavy (non-hydrogen) atoms. The van der Waals surface area contributed by atoms with Crippen molar-refractivity contribution in [3.05, 3.63) is 67.5 Å². The minimum Gasteiger partial charge on any atom is -0.487 e. The lowest BCUT2D eigenvalue weighted by Gasteiger charge is -2.18. The number of amides is 1. The number of benzene rings is 1. The van der Waals surface area contributed by atoms with Crippen molar-refractivity contribution in [2.75, 3.05) is 5.32 Å². The Balaban J connectivity index is 1.20. The van der Waals surface area contributed by atoms with Crippen LogP contribution in [0.2, 0.25) is 0 Å². The van der Waals surface area contributed by atoms with E-state index in [9.17, 15) is 14.9 Å². The smallest absolute Gasteiger partial charge is 0.275 e. The average Bonchev–Trinajstić information content (AvgIpc) is 3.59. The molecule has 3 heterocycles. The summed E-state index contributed by atoms with van der Waals surface area (Å²) in [7, 11) is 0. The third-order valence-corrected chi connectivity index (χ3v) is 8.25. The highest BCUT2D eigenvalue weighted by molar-refractivity contribution is 7.16. The van der Waals surface area contributed by atoms with Gasteiger partial charge in [-0.3, -0.25) is 14.9 Å². The van der Waals surface area contributed by atoms with Crippen LogP contribution in [0.3, 0.4) is 0 Å². The van der Waals surface area contributed by atoms with Crippen LogP contribution in [-0.2, 0) is 17.8 Å². The van der Waals surface area contributed by atoms with E-state index < -0.39 is 5.91 Å². The molecule has 0 spiro atoms. The Morgan fingerprint density at radius 2 is 2.00 bits per heavy atom. The van der Waals surface area contributed by atoms with Gasteiger partial charge in [0.15, 0.2) is 0 Å². The average molecular weight is 548 g/mol. The van der Waals surface area contributed by atoms with E-state index in [2.05, 4.69) is 25.6 Å². The third-order valence-electron chi connectivity index (χ3n) is 6.20. The van der Waals surface area contributed by atoms with Crippen molar-refractivity contribution < 1.29 is 9.53 Å². The number of hydrogen-bond donors (Lipinski definition) is 1. The van der Waals surface area contributed by atoms with Crippen LogP contribution >= 0.6 is 22.7 Å². The molecule has 12 heteroatoms. The van der Waals surface area contributed by atoms with Crippen molar-refractivity contribution in [3.63, 3.8) is 0 Å². The summed E-state index contributed by atoms with van der Waals surface area (Å²) in [5.41, 5.74) is 0.893. The maximum absolute atomic E-state index is 12.7. The fraction of sp³-hybridized carbons (Fsp3) is 0.346. The van der Waals surface area contributed by atoms with E-state index in [0.29, 0.717) is 33.0 Å². The zero-order valence-electron chi connectivity index (χ0n) is 20.7. The molecule has 0 unspecified atom stereocenters. The number of aryl methyl sites for hydroxylation is 1. The predicted octanol–water partition coefficient (Wildman–Crippen LogP) is 4.74. The number of fused-ring (bicyclic) bond motifs is 1. The Morgan fingerprint density at radius 1 is 1.21 bits per heavy atom. The second-order valence-electron chi connectivity index (χ2n) is 8.89. The van der Waals surface area contributed by atoms with E-state index in [1.54, 1.807) is 24.3 Å². The van der Waals surface area contributed by atoms with Gasteiger partial charge in [0.05, 0.1) is 5.69 Å². The van der Waals surface area contributed by atoms with Crippen LogP contribution in [0.25, 0.3) is 11.0 Å². The number of ether oxygens (including phenoxy) is 1. The number of hydrogen-bond acceptors (Lipinski definition) is 10. The zero-order valence-corrected chi connectivity index (χ0v) is 22.3. The summed E-state index contributed by atoms with van der Waals surface area (Å²) < 4.78 is 7.09. The molecule has 10 nitrogen and oxygen atoms in total. The van der Waals surface area contributed by atoms with E-state index in [0.717, 1.165) is 29.3 Å². The van der Waals surface area contributed by atoms with Crippen LogP contribution < -0.4 is 15.6 Å². The molecular weight excluding hydrogens is 522 g/mol. The second-order valence-corrected chi connectivity index (χ2v) is 10.9. The summed E-state index contributed by atoms with van der Waals surface area (Å²) in [6.07, 6.45) is 8.08. The van der Waals surface area contributed by atoms with Crippen LogP contribution in [0.5, 0.6) is 5.75 Å². The van der Waals surface area contributed by atoms with Gasteiger partial charge in [-0.2, -0.15) is 14.9 Å². The van der Waals surface area contributed by atoms with Gasteiger partial charge in [-0.05, 0) is 43.0 Å². The van der Waals surface area contributed by atoms with Crippen LogP contribution in [0.4, 0.5) is 5.13 Å². The first-order valence-electron chi connectivity index (χ1n) is 12.4. The Kier molecular flexibility index (Phi) is 7.86. The molecule has 0 aliphatic heterocycles. The normalized spacial score (nSPS) is 14.4. The molecular formula is C26H25N7O3S2. The SMILES string of the molecule is CCc1nn2c(=O)cc(COc3ccc(/C=C(/C#N)C(=O)Nc4nnc(C5CCCCC5)s4)cc3)nc2s1. The van der Waals surface area contributed by atoms with Crippen LogP contribution in [0.15, 0.2) is 40.7 Å². The molecule has 1 fully saturated rings. The number of anilines is 1. The fourth-order valence-electron chi connectivity index (χ4n) is 4.21. The molecule has 1 amide bonds. The Bertz CT molecular complexity index is 1570. The van der Waals surface area contributed by atoms with E-state index >= 15 is 0 Å². The molecule has 194 valence electrons. The molecule has 1 aromatic carbocycles. The molecule has 3 aromatic heterocycles. The number of carbonyl (C=O) groups excluding carboxylic acids is 1. The monoisotopic (exact) mass is 547 g/mol. The molecule has 1 aliphatic carbocycles. The first-order valence-corrected chi connectivity index (χ1v) is 14.0. The van der Waals surface area contributed by atoms with Crippen LogP contribution in [0, 0.1) is 11.3 Å². The molecule has 5 rings (SSSR count). The van der Waals surface area contributed by atoms with Gasteiger partial charge in [0.25, 0.3) is 11.5 Å². The summed E-state index contributed by atoms with van der Waals surface area (Å²) in [4.78, 5) is 30.0. The molecule has 4 aromatic rings. The highest BCUT2D eigenvalue weighted by atomic mass is 32.1. The molecule has 0 saturated heterocycles. The standard InChI is InChI=1S/C26H25N7O3S2/c1-2-21-32-33-22(34)13-19(28-26(33)37-21)15-36-20-10-8-16(9-11-20)12-18(14-27)23(35)29-25-31-30-24(38-25)17-6-4-3-5-7-17/h8-13,17H,2-7,15H2,1H3,(H,29,31,35)/b18-12-. The van der Waals surface area contributed by atoms with Gasteiger partial charge >= 0.3 is 0 Å². The van der Waals surface area contributed by atoms with Crippen molar-refractivity contribution in [2.24, 2.45) is 0 Å². The van der Waals surface area contributed by atoms with Crippen molar-refractivity contribution in [2.45, 2.75) is 58.0 Å². The first-order chi connectivity index (χ1) is 18.5. The van der Waals surface area contributed by atoms with Crippen LogP contribution in [0.1, 0.15) is 66.2 Å². The number of aromatic nitrogens is 5. The van der Waals surface area contributed by atoms with Gasteiger partial charge in [-0.1, -0.05) is 61.0 Å². The minimum atomic E-state index is -0.527. The lowest BCUT2D eigenvalue weighted by Crippen LogP contribution is -2.16. The van der Waals surface area contributed by atoms with Crippen LogP contribution in [-0.4, -0.2) is 30.7 Å². The van der Waals surface area contributed by atoms with Gasteiger partial charge in [-0.15, -0.1) is 10.2 Å². The largest absolute Gasteiger partial charge is 0.487 e. The maximum atomic E-state index is 12.7. The summed E-state index contributed by atoms with van der Waals surface area (Å²) in [6, 6.07) is 10.3. The molecule has 0 atom stereocenters. The number of carbonyl (C=O) groups is 1. The number of rotatable bonds is 8. The quantitative estimate of drug-likeness (QED) is 0.247. The van der Waals surface area contributed by atoms with E-state index in [1.807, 2.05) is 13.0 Å². The topological polar surface area (TPSA) is 135 Å². The summed E-state index contributed by atoms with van der Waals surface area (Å²) >= 11 is 2.76. The maximum Gasteiger partial charge on any atom is 0.275 e. The molecule has 1 aliphatic rings. The second kappa shape index (κ2) is 11.6. The Morgan fingerprint density at radius 3 is 2.74 bits per heavy atom. The van der Waals surface area contributed by atoms with Crippen molar-refractivity contribution in [1.82, 2.24) is 24.8 Å². The first kappa shape index (κ1) is 25.7. The minimum absolute atomic E-state index is 0.0398. The lowest BCUT2D eigenvalue weighted by molar-refractivity contribution is -0.112. The Labute approximate surface area is 226 Å². The highest BCUT2D eigenvalue weighted by Gasteiger charge is 2.21. The van der Waals surface area contributed by atoms with Crippen molar-refractivity contribution >= 4 is 44.7 Å². The fourth-order valence-corrected chi connectivity index (χ4v) is 5.97.